The van der Waals surface area contributed by atoms with E-state index in [-0.39, 0.29) is 23.2 Å². The summed E-state index contributed by atoms with van der Waals surface area (Å²) in [4.78, 5) is 0. The predicted octanol–water partition coefficient (Wildman–Crippen LogP) is 5.51. The van der Waals surface area contributed by atoms with Gasteiger partial charge >= 0.3 is 6.18 Å². The molecule has 0 bridgehead atoms. The van der Waals surface area contributed by atoms with Crippen LogP contribution in [-0.2, 0) is 6.18 Å². The molecule has 24 heavy (non-hydrogen) atoms. The van der Waals surface area contributed by atoms with Gasteiger partial charge in [-0.15, -0.1) is 12.4 Å². The first-order chi connectivity index (χ1) is 10.9. The lowest BCUT2D eigenvalue weighted by molar-refractivity contribution is -0.139. The van der Waals surface area contributed by atoms with Crippen LogP contribution in [0.4, 0.5) is 13.2 Å². The average molecular weight is 380 g/mol. The molecule has 0 heterocycles. The number of halogens is 5. The molecule has 2 nitrogen and oxygen atoms in total. The van der Waals surface area contributed by atoms with Crippen molar-refractivity contribution in [1.82, 2.24) is 5.32 Å². The molecule has 0 aliphatic rings. The van der Waals surface area contributed by atoms with E-state index in [1.807, 2.05) is 30.3 Å². The van der Waals surface area contributed by atoms with Crippen LogP contribution in [0.1, 0.15) is 23.7 Å². The summed E-state index contributed by atoms with van der Waals surface area (Å²) in [6, 6.07) is 12.5. The molecule has 2 aromatic carbocycles. The molecule has 1 unspecified atom stereocenters. The number of alkyl halides is 3. The van der Waals surface area contributed by atoms with Gasteiger partial charge in [0.25, 0.3) is 0 Å². The summed E-state index contributed by atoms with van der Waals surface area (Å²) in [7, 11) is 1.78. The Balaban J connectivity index is 0.00000288. The standard InChI is InChI=1S/C17H17ClF3NO.ClH/c1-22-10-9-15(12-5-3-2-4-6-12)23-16-11-13(18)7-8-14(16)17(19,20)21;/h2-8,11,15,22H,9-10H2,1H3;1H. The van der Waals surface area contributed by atoms with E-state index >= 15 is 0 Å². The van der Waals surface area contributed by atoms with E-state index in [1.165, 1.54) is 12.1 Å². The molecule has 0 spiro atoms. The Kier molecular flexibility index (Phi) is 7.87. The fourth-order valence-corrected chi connectivity index (χ4v) is 2.38. The first-order valence-corrected chi connectivity index (χ1v) is 7.52. The molecule has 1 atom stereocenters. The third-order valence-electron chi connectivity index (χ3n) is 3.35. The van der Waals surface area contributed by atoms with Crippen molar-refractivity contribution < 1.29 is 17.9 Å². The van der Waals surface area contributed by atoms with E-state index in [0.717, 1.165) is 11.6 Å². The van der Waals surface area contributed by atoms with Crippen molar-refractivity contribution in [3.63, 3.8) is 0 Å². The lowest BCUT2D eigenvalue weighted by Crippen LogP contribution is -2.18. The molecule has 7 heteroatoms. The molecule has 0 aliphatic heterocycles. The Morgan fingerprint density at radius 3 is 2.38 bits per heavy atom. The Morgan fingerprint density at radius 1 is 1.12 bits per heavy atom. The third kappa shape index (κ3) is 5.58. The second-order valence-corrected chi connectivity index (χ2v) is 5.48. The van der Waals surface area contributed by atoms with E-state index in [0.29, 0.717) is 13.0 Å². The van der Waals surface area contributed by atoms with Crippen LogP contribution in [0.25, 0.3) is 0 Å². The SMILES string of the molecule is CNCCC(Oc1cc(Cl)ccc1C(F)(F)F)c1ccccc1.Cl. The van der Waals surface area contributed by atoms with E-state index in [4.69, 9.17) is 16.3 Å². The van der Waals surface area contributed by atoms with E-state index in [1.54, 1.807) is 7.05 Å². The van der Waals surface area contributed by atoms with Gasteiger partial charge in [-0.2, -0.15) is 13.2 Å². The molecule has 0 radical (unpaired) electrons. The number of benzene rings is 2. The van der Waals surface area contributed by atoms with Gasteiger partial charge < -0.3 is 10.1 Å². The summed E-state index contributed by atoms with van der Waals surface area (Å²) in [6.45, 7) is 0.613. The maximum Gasteiger partial charge on any atom is 0.419 e. The molecular formula is C17H18Cl2F3NO. The fourth-order valence-electron chi connectivity index (χ4n) is 2.22. The third-order valence-corrected chi connectivity index (χ3v) is 3.58. The molecule has 0 amide bonds. The van der Waals surface area contributed by atoms with Crippen molar-refractivity contribution >= 4 is 24.0 Å². The Labute approximate surface area is 150 Å². The van der Waals surface area contributed by atoms with Gasteiger partial charge in [-0.05, 0) is 37.4 Å². The zero-order valence-corrected chi connectivity index (χ0v) is 14.5. The molecular weight excluding hydrogens is 362 g/mol. The molecule has 0 aromatic heterocycles. The van der Waals surface area contributed by atoms with Crippen LogP contribution in [0.5, 0.6) is 5.75 Å². The number of ether oxygens (including phenoxy) is 1. The normalized spacial score (nSPS) is 12.4. The summed E-state index contributed by atoms with van der Waals surface area (Å²) in [5.41, 5.74) is -0.0110. The van der Waals surface area contributed by atoms with Crippen LogP contribution in [0.3, 0.4) is 0 Å². The van der Waals surface area contributed by atoms with Crippen LogP contribution in [0.2, 0.25) is 5.02 Å². The van der Waals surface area contributed by atoms with Gasteiger partial charge in [-0.1, -0.05) is 41.9 Å². The summed E-state index contributed by atoms with van der Waals surface area (Å²) >= 11 is 5.84. The van der Waals surface area contributed by atoms with Crippen LogP contribution in [0, 0.1) is 0 Å². The molecule has 0 saturated heterocycles. The van der Waals surface area contributed by atoms with Crippen molar-refractivity contribution in [1.29, 1.82) is 0 Å². The summed E-state index contributed by atoms with van der Waals surface area (Å²) in [5.74, 6) is -0.255. The van der Waals surface area contributed by atoms with Gasteiger partial charge in [0.15, 0.2) is 0 Å². The summed E-state index contributed by atoms with van der Waals surface area (Å²) in [5, 5.41) is 3.18. The van der Waals surface area contributed by atoms with Gasteiger partial charge in [-0.25, -0.2) is 0 Å². The van der Waals surface area contributed by atoms with Gasteiger partial charge in [-0.3, -0.25) is 0 Å². The zero-order valence-electron chi connectivity index (χ0n) is 12.9. The second kappa shape index (κ2) is 9.16. The lowest BCUT2D eigenvalue weighted by atomic mass is 10.1. The largest absolute Gasteiger partial charge is 0.485 e. The van der Waals surface area contributed by atoms with Crippen LogP contribution in [-0.4, -0.2) is 13.6 Å². The van der Waals surface area contributed by atoms with Crippen LogP contribution < -0.4 is 10.1 Å². The highest BCUT2D eigenvalue weighted by atomic mass is 35.5. The quantitative estimate of drug-likeness (QED) is 0.714. The van der Waals surface area contributed by atoms with Gasteiger partial charge in [0.05, 0.1) is 5.56 Å². The number of hydrogen-bond donors (Lipinski definition) is 1. The van der Waals surface area contributed by atoms with Crippen molar-refractivity contribution in [2.24, 2.45) is 0 Å². The topological polar surface area (TPSA) is 21.3 Å². The molecule has 132 valence electrons. The Bertz CT molecular complexity index is 635. The molecule has 0 aliphatic carbocycles. The maximum absolute atomic E-state index is 13.1. The zero-order chi connectivity index (χ0) is 16.9. The van der Waals surface area contributed by atoms with Crippen LogP contribution in [0.15, 0.2) is 48.5 Å². The minimum atomic E-state index is -4.50. The van der Waals surface area contributed by atoms with Gasteiger partial charge in [0, 0.05) is 11.4 Å². The highest BCUT2D eigenvalue weighted by molar-refractivity contribution is 6.30. The predicted molar refractivity (Wildman–Crippen MR) is 92.1 cm³/mol. The molecule has 0 saturated carbocycles. The first-order valence-electron chi connectivity index (χ1n) is 7.14. The number of nitrogens with one attached hydrogen (secondary N) is 1. The van der Waals surface area contributed by atoms with E-state index in [9.17, 15) is 13.2 Å². The summed E-state index contributed by atoms with van der Waals surface area (Å²) < 4.78 is 45.1. The molecule has 2 aromatic rings. The molecule has 1 N–H and O–H groups in total. The number of rotatable bonds is 6. The first kappa shape index (κ1) is 20.6. The highest BCUT2D eigenvalue weighted by Gasteiger charge is 2.35. The minimum absolute atomic E-state index is 0. The molecule has 0 fully saturated rings. The fraction of sp³-hybridized carbons (Fsp3) is 0.294. The van der Waals surface area contributed by atoms with Crippen LogP contribution >= 0.6 is 24.0 Å². The average Bonchev–Trinajstić information content (AvgIpc) is 2.51. The van der Waals surface area contributed by atoms with E-state index < -0.39 is 17.8 Å². The smallest absolute Gasteiger partial charge is 0.419 e. The lowest BCUT2D eigenvalue weighted by Gasteiger charge is -2.22. The van der Waals surface area contributed by atoms with Crippen molar-refractivity contribution in [2.45, 2.75) is 18.7 Å². The minimum Gasteiger partial charge on any atom is -0.485 e. The van der Waals surface area contributed by atoms with Crippen molar-refractivity contribution in [3.05, 3.63) is 64.7 Å². The summed E-state index contributed by atoms with van der Waals surface area (Å²) in [6.07, 6.45) is -4.46. The molecule has 2 rings (SSSR count). The van der Waals surface area contributed by atoms with Crippen molar-refractivity contribution in [2.75, 3.05) is 13.6 Å². The monoisotopic (exact) mass is 379 g/mol. The van der Waals surface area contributed by atoms with Gasteiger partial charge in [0.1, 0.15) is 11.9 Å². The van der Waals surface area contributed by atoms with E-state index in [2.05, 4.69) is 5.32 Å². The highest BCUT2D eigenvalue weighted by Crippen LogP contribution is 2.39. The second-order valence-electron chi connectivity index (χ2n) is 5.05. The Morgan fingerprint density at radius 2 is 1.79 bits per heavy atom. The van der Waals surface area contributed by atoms with Gasteiger partial charge in [0.2, 0.25) is 0 Å². The van der Waals surface area contributed by atoms with Crippen molar-refractivity contribution in [3.8, 4) is 5.75 Å². The number of hydrogen-bond acceptors (Lipinski definition) is 2. The maximum atomic E-state index is 13.1. The Hall–Kier alpha value is -1.43.